The molecule has 0 fully saturated rings. The standard InChI is InChI=1S/C21H14N6O5S2/c1-11(26-18(29)14-3-2-4-15(27(31)32)16(14)19(26)30)17(28)23-20-24-25-21(34-20)33-10-13-7-5-12(9-22)6-8-13/h2-8,11H,10H2,1H3,(H,23,24,28)/t11-/m0/s1. The molecule has 0 unspecified atom stereocenters. The lowest BCUT2D eigenvalue weighted by atomic mass is 10.1. The van der Waals surface area contributed by atoms with Gasteiger partial charge in [-0.25, -0.2) is 0 Å². The summed E-state index contributed by atoms with van der Waals surface area (Å²) in [6, 6.07) is 11.7. The van der Waals surface area contributed by atoms with Crippen LogP contribution in [0.15, 0.2) is 46.8 Å². The summed E-state index contributed by atoms with van der Waals surface area (Å²) in [5, 5.41) is 30.8. The van der Waals surface area contributed by atoms with Gasteiger partial charge in [0.15, 0.2) is 4.34 Å². The van der Waals surface area contributed by atoms with E-state index in [4.69, 9.17) is 5.26 Å². The highest BCUT2D eigenvalue weighted by molar-refractivity contribution is 8.00. The number of hydrogen-bond donors (Lipinski definition) is 1. The number of benzene rings is 2. The molecule has 0 saturated heterocycles. The summed E-state index contributed by atoms with van der Waals surface area (Å²) in [5.74, 6) is -1.77. The lowest BCUT2D eigenvalue weighted by Gasteiger charge is -2.20. The van der Waals surface area contributed by atoms with Gasteiger partial charge in [-0.1, -0.05) is 41.3 Å². The predicted molar refractivity (Wildman–Crippen MR) is 122 cm³/mol. The van der Waals surface area contributed by atoms with Crippen molar-refractivity contribution >= 4 is 51.6 Å². The van der Waals surface area contributed by atoms with Crippen molar-refractivity contribution in [1.29, 1.82) is 5.26 Å². The van der Waals surface area contributed by atoms with Crippen molar-refractivity contribution < 1.29 is 19.3 Å². The van der Waals surface area contributed by atoms with Crippen molar-refractivity contribution in [2.24, 2.45) is 0 Å². The van der Waals surface area contributed by atoms with E-state index in [1.807, 2.05) is 12.1 Å². The maximum absolute atomic E-state index is 12.8. The first-order chi connectivity index (χ1) is 16.3. The van der Waals surface area contributed by atoms with Crippen LogP contribution in [0, 0.1) is 21.4 Å². The monoisotopic (exact) mass is 494 g/mol. The molecule has 0 bridgehead atoms. The molecular weight excluding hydrogens is 480 g/mol. The molecule has 1 atom stereocenters. The second-order valence-corrected chi connectivity index (χ2v) is 9.27. The smallest absolute Gasteiger partial charge is 0.282 e. The Morgan fingerprint density at radius 3 is 2.65 bits per heavy atom. The summed E-state index contributed by atoms with van der Waals surface area (Å²) in [6.45, 7) is 1.35. The zero-order valence-corrected chi connectivity index (χ0v) is 19.1. The van der Waals surface area contributed by atoms with E-state index in [2.05, 4.69) is 21.6 Å². The molecule has 0 aliphatic carbocycles. The lowest BCUT2D eigenvalue weighted by molar-refractivity contribution is -0.385. The first-order valence-electron chi connectivity index (χ1n) is 9.71. The summed E-state index contributed by atoms with van der Waals surface area (Å²) in [7, 11) is 0. The van der Waals surface area contributed by atoms with E-state index in [9.17, 15) is 24.5 Å². The Kier molecular flexibility index (Phi) is 6.35. The van der Waals surface area contributed by atoms with Crippen molar-refractivity contribution in [3.8, 4) is 6.07 Å². The Morgan fingerprint density at radius 2 is 1.97 bits per heavy atom. The first-order valence-corrected chi connectivity index (χ1v) is 11.5. The quantitative estimate of drug-likeness (QED) is 0.171. The van der Waals surface area contributed by atoms with Crippen LogP contribution in [0.5, 0.6) is 0 Å². The Labute approximate surface area is 200 Å². The second kappa shape index (κ2) is 9.38. The largest absolute Gasteiger partial charge is 0.299 e. The fourth-order valence-electron chi connectivity index (χ4n) is 3.26. The molecule has 11 nitrogen and oxygen atoms in total. The van der Waals surface area contributed by atoms with Crippen LogP contribution in [0.2, 0.25) is 0 Å². The summed E-state index contributed by atoms with van der Waals surface area (Å²) in [5.41, 5.74) is 0.624. The molecule has 34 heavy (non-hydrogen) atoms. The molecule has 13 heteroatoms. The van der Waals surface area contributed by atoms with Gasteiger partial charge in [-0.3, -0.25) is 34.7 Å². The van der Waals surface area contributed by atoms with E-state index >= 15 is 0 Å². The number of nitriles is 1. The van der Waals surface area contributed by atoms with Gasteiger partial charge >= 0.3 is 0 Å². The summed E-state index contributed by atoms with van der Waals surface area (Å²) in [4.78, 5) is 49.4. The fraction of sp³-hybridized carbons (Fsp3) is 0.143. The second-order valence-electron chi connectivity index (χ2n) is 7.07. The maximum atomic E-state index is 12.8. The predicted octanol–water partition coefficient (Wildman–Crippen LogP) is 3.23. The van der Waals surface area contributed by atoms with Crippen molar-refractivity contribution in [2.75, 3.05) is 5.32 Å². The van der Waals surface area contributed by atoms with Gasteiger partial charge in [0, 0.05) is 11.8 Å². The Bertz CT molecular complexity index is 1360. The Hall–Kier alpha value is -4.15. The molecule has 170 valence electrons. The number of anilines is 1. The zero-order valence-electron chi connectivity index (χ0n) is 17.4. The van der Waals surface area contributed by atoms with Crippen LogP contribution < -0.4 is 5.32 Å². The third-order valence-electron chi connectivity index (χ3n) is 4.97. The number of nitrogens with zero attached hydrogens (tertiary/aromatic N) is 5. The van der Waals surface area contributed by atoms with Gasteiger partial charge in [-0.05, 0) is 30.7 Å². The number of nitrogens with one attached hydrogen (secondary N) is 1. The molecule has 1 N–H and O–H groups in total. The first kappa shape index (κ1) is 23.0. The molecule has 0 saturated carbocycles. The molecule has 1 aromatic heterocycles. The zero-order chi connectivity index (χ0) is 24.4. The number of carbonyl (C=O) groups excluding carboxylic acids is 3. The number of amides is 3. The minimum atomic E-state index is -1.23. The maximum Gasteiger partial charge on any atom is 0.282 e. The van der Waals surface area contributed by atoms with Crippen LogP contribution >= 0.6 is 23.1 Å². The molecule has 0 spiro atoms. The average Bonchev–Trinajstić information content (AvgIpc) is 3.39. The number of imide groups is 1. The van der Waals surface area contributed by atoms with Gasteiger partial charge in [-0.15, -0.1) is 10.2 Å². The molecule has 3 amide bonds. The third kappa shape index (κ3) is 4.36. The highest BCUT2D eigenvalue weighted by Gasteiger charge is 2.45. The summed E-state index contributed by atoms with van der Waals surface area (Å²) < 4.78 is 0.587. The highest BCUT2D eigenvalue weighted by Crippen LogP contribution is 2.33. The molecular formula is C21H14N6O5S2. The van der Waals surface area contributed by atoms with Gasteiger partial charge in [0.25, 0.3) is 17.5 Å². The van der Waals surface area contributed by atoms with Gasteiger partial charge in [0.05, 0.1) is 22.1 Å². The molecule has 1 aliphatic heterocycles. The van der Waals surface area contributed by atoms with Crippen LogP contribution in [0.1, 0.15) is 38.8 Å². The third-order valence-corrected chi connectivity index (χ3v) is 7.01. The Morgan fingerprint density at radius 1 is 1.24 bits per heavy atom. The number of rotatable bonds is 7. The minimum Gasteiger partial charge on any atom is -0.299 e. The van der Waals surface area contributed by atoms with Gasteiger partial charge in [0.1, 0.15) is 11.6 Å². The van der Waals surface area contributed by atoms with Crippen molar-refractivity contribution in [3.05, 3.63) is 74.8 Å². The molecule has 3 aromatic rings. The van der Waals surface area contributed by atoms with Gasteiger partial charge in [0.2, 0.25) is 11.0 Å². The van der Waals surface area contributed by atoms with Crippen molar-refractivity contribution in [1.82, 2.24) is 15.1 Å². The molecule has 4 rings (SSSR count). The van der Waals surface area contributed by atoms with Crippen LogP contribution in [-0.4, -0.2) is 43.8 Å². The molecule has 2 heterocycles. The summed E-state index contributed by atoms with van der Waals surface area (Å²) in [6.07, 6.45) is 0. The highest BCUT2D eigenvalue weighted by atomic mass is 32.2. The van der Waals surface area contributed by atoms with E-state index in [0.717, 1.165) is 23.0 Å². The number of carbonyl (C=O) groups is 3. The number of thioether (sulfide) groups is 1. The van der Waals surface area contributed by atoms with Gasteiger partial charge in [-0.2, -0.15) is 5.26 Å². The Balaban J connectivity index is 1.41. The fourth-order valence-corrected chi connectivity index (χ4v) is 4.97. The number of aromatic nitrogens is 2. The van der Waals surface area contributed by atoms with E-state index < -0.39 is 34.4 Å². The molecule has 1 aliphatic rings. The number of fused-ring (bicyclic) bond motifs is 1. The minimum absolute atomic E-state index is 0.115. The van der Waals surface area contributed by atoms with Crippen LogP contribution in [0.25, 0.3) is 0 Å². The van der Waals surface area contributed by atoms with E-state index in [-0.39, 0.29) is 16.3 Å². The van der Waals surface area contributed by atoms with Crippen molar-refractivity contribution in [3.63, 3.8) is 0 Å². The topological polar surface area (TPSA) is 159 Å². The molecule has 0 radical (unpaired) electrons. The SMILES string of the molecule is C[C@@H](C(=O)Nc1nnc(SCc2ccc(C#N)cc2)s1)N1C(=O)c2cccc([N+](=O)[O-])c2C1=O. The van der Waals surface area contributed by atoms with E-state index in [1.54, 1.807) is 12.1 Å². The number of hydrogen-bond acceptors (Lipinski definition) is 10. The normalized spacial score (nSPS) is 13.4. The molecule has 2 aromatic carbocycles. The van der Waals surface area contributed by atoms with Crippen LogP contribution in [0.4, 0.5) is 10.8 Å². The van der Waals surface area contributed by atoms with E-state index in [0.29, 0.717) is 20.6 Å². The number of nitro benzene ring substituents is 1. The van der Waals surface area contributed by atoms with E-state index in [1.165, 1.54) is 30.8 Å². The lowest BCUT2D eigenvalue weighted by Crippen LogP contribution is -2.45. The number of nitro groups is 1. The average molecular weight is 495 g/mol. The van der Waals surface area contributed by atoms with Crippen LogP contribution in [0.3, 0.4) is 0 Å². The summed E-state index contributed by atoms with van der Waals surface area (Å²) >= 11 is 2.52. The van der Waals surface area contributed by atoms with Crippen LogP contribution in [-0.2, 0) is 10.5 Å². The van der Waals surface area contributed by atoms with Gasteiger partial charge < -0.3 is 0 Å². The van der Waals surface area contributed by atoms with Crippen molar-refractivity contribution in [2.45, 2.75) is 23.1 Å².